The van der Waals surface area contributed by atoms with E-state index in [1.54, 1.807) is 42.1 Å². The monoisotopic (exact) mass is 375 g/mol. The van der Waals surface area contributed by atoms with E-state index in [9.17, 15) is 9.59 Å². The average molecular weight is 375 g/mol. The lowest BCUT2D eigenvalue weighted by Crippen LogP contribution is -2.21. The van der Waals surface area contributed by atoms with Crippen LogP contribution < -0.4 is 14.8 Å². The number of esters is 1. The summed E-state index contributed by atoms with van der Waals surface area (Å²) in [6, 6.07) is 12.2. The van der Waals surface area contributed by atoms with Crippen LogP contribution in [0.4, 0.5) is 5.69 Å². The molecule has 0 atom stereocenters. The predicted octanol–water partition coefficient (Wildman–Crippen LogP) is 3.61. The van der Waals surface area contributed by atoms with Crippen LogP contribution in [-0.2, 0) is 9.53 Å². The van der Waals surface area contributed by atoms with Gasteiger partial charge in [-0.2, -0.15) is 0 Å². The zero-order valence-corrected chi connectivity index (χ0v) is 15.7. The Bertz CT molecular complexity index is 778. The van der Waals surface area contributed by atoms with E-state index in [0.29, 0.717) is 22.7 Å². The Morgan fingerprint density at radius 2 is 1.85 bits per heavy atom. The van der Waals surface area contributed by atoms with Crippen molar-refractivity contribution in [1.82, 2.24) is 0 Å². The van der Waals surface area contributed by atoms with Crippen LogP contribution in [0.3, 0.4) is 0 Å². The Labute approximate surface area is 156 Å². The third-order valence-electron chi connectivity index (χ3n) is 3.42. The molecule has 0 aliphatic carbocycles. The van der Waals surface area contributed by atoms with Gasteiger partial charge in [-0.25, -0.2) is 4.79 Å². The van der Waals surface area contributed by atoms with Gasteiger partial charge in [-0.05, 0) is 30.0 Å². The minimum absolute atomic E-state index is 0.398. The minimum Gasteiger partial charge on any atom is -0.497 e. The molecule has 6 nitrogen and oxygen atoms in total. The number of thioether (sulfide) groups is 1. The number of carbonyl (C=O) groups excluding carboxylic acids is 2. The second kappa shape index (κ2) is 9.72. The van der Waals surface area contributed by atoms with E-state index in [0.717, 1.165) is 10.6 Å². The van der Waals surface area contributed by atoms with E-state index >= 15 is 0 Å². The van der Waals surface area contributed by atoms with Gasteiger partial charge in [0.15, 0.2) is 6.61 Å². The molecule has 0 spiro atoms. The zero-order chi connectivity index (χ0) is 18.9. The number of ether oxygens (including phenoxy) is 3. The largest absolute Gasteiger partial charge is 0.497 e. The summed E-state index contributed by atoms with van der Waals surface area (Å²) in [6.45, 7) is 1.60. The van der Waals surface area contributed by atoms with Crippen molar-refractivity contribution in [2.45, 2.75) is 11.8 Å². The van der Waals surface area contributed by atoms with Gasteiger partial charge in [0.1, 0.15) is 11.5 Å². The van der Waals surface area contributed by atoms with E-state index in [4.69, 9.17) is 14.2 Å². The number of rotatable bonds is 8. The SMILES string of the molecule is CCSc1ccccc1C(=O)OCC(=O)Nc1cc(OC)ccc1OC. The van der Waals surface area contributed by atoms with Crippen LogP contribution in [-0.4, -0.2) is 38.5 Å². The molecule has 0 radical (unpaired) electrons. The molecule has 7 heteroatoms. The fraction of sp³-hybridized carbons (Fsp3) is 0.263. The van der Waals surface area contributed by atoms with Gasteiger partial charge in [0.2, 0.25) is 0 Å². The molecule has 138 valence electrons. The predicted molar refractivity (Wildman–Crippen MR) is 101 cm³/mol. The maximum absolute atomic E-state index is 12.3. The van der Waals surface area contributed by atoms with E-state index in [1.807, 2.05) is 19.1 Å². The number of hydrogen-bond acceptors (Lipinski definition) is 6. The van der Waals surface area contributed by atoms with Crippen molar-refractivity contribution in [2.75, 3.05) is 31.9 Å². The summed E-state index contributed by atoms with van der Waals surface area (Å²) >= 11 is 1.54. The maximum atomic E-state index is 12.3. The minimum atomic E-state index is -0.533. The van der Waals surface area contributed by atoms with Crippen LogP contribution in [0.25, 0.3) is 0 Å². The Morgan fingerprint density at radius 3 is 2.54 bits per heavy atom. The van der Waals surface area contributed by atoms with Gasteiger partial charge < -0.3 is 19.5 Å². The molecule has 0 fully saturated rings. The van der Waals surface area contributed by atoms with E-state index in [-0.39, 0.29) is 0 Å². The first-order chi connectivity index (χ1) is 12.6. The number of amides is 1. The Balaban J connectivity index is 2.00. The molecular weight excluding hydrogens is 354 g/mol. The van der Waals surface area contributed by atoms with Crippen LogP contribution in [0.2, 0.25) is 0 Å². The molecule has 0 bridgehead atoms. The van der Waals surface area contributed by atoms with Crippen molar-refractivity contribution in [3.8, 4) is 11.5 Å². The van der Waals surface area contributed by atoms with Crippen LogP contribution in [0, 0.1) is 0 Å². The lowest BCUT2D eigenvalue weighted by molar-refractivity contribution is -0.119. The number of nitrogens with one attached hydrogen (secondary N) is 1. The fourth-order valence-corrected chi connectivity index (χ4v) is 3.02. The van der Waals surface area contributed by atoms with Crippen molar-refractivity contribution >= 4 is 29.3 Å². The summed E-state index contributed by atoms with van der Waals surface area (Å²) in [5.41, 5.74) is 0.890. The van der Waals surface area contributed by atoms with E-state index in [2.05, 4.69) is 5.32 Å². The number of methoxy groups -OCH3 is 2. The Kier molecular flexibility index (Phi) is 7.35. The smallest absolute Gasteiger partial charge is 0.339 e. The molecule has 0 unspecified atom stereocenters. The van der Waals surface area contributed by atoms with Crippen LogP contribution in [0.5, 0.6) is 11.5 Å². The van der Waals surface area contributed by atoms with Gasteiger partial charge in [-0.1, -0.05) is 19.1 Å². The zero-order valence-electron chi connectivity index (χ0n) is 14.9. The second-order valence-corrected chi connectivity index (χ2v) is 6.43. The highest BCUT2D eigenvalue weighted by Crippen LogP contribution is 2.29. The number of anilines is 1. The normalized spacial score (nSPS) is 10.1. The van der Waals surface area contributed by atoms with Crippen molar-refractivity contribution in [3.05, 3.63) is 48.0 Å². The molecule has 26 heavy (non-hydrogen) atoms. The Morgan fingerprint density at radius 1 is 1.08 bits per heavy atom. The number of carbonyl (C=O) groups is 2. The highest BCUT2D eigenvalue weighted by atomic mass is 32.2. The van der Waals surface area contributed by atoms with Crippen LogP contribution >= 0.6 is 11.8 Å². The van der Waals surface area contributed by atoms with E-state index in [1.165, 1.54) is 14.2 Å². The maximum Gasteiger partial charge on any atom is 0.339 e. The molecule has 2 rings (SSSR count). The van der Waals surface area contributed by atoms with Crippen molar-refractivity contribution in [1.29, 1.82) is 0 Å². The van der Waals surface area contributed by atoms with Crippen molar-refractivity contribution in [3.63, 3.8) is 0 Å². The summed E-state index contributed by atoms with van der Waals surface area (Å²) in [5.74, 6) is 0.888. The molecule has 0 heterocycles. The summed E-state index contributed by atoms with van der Waals surface area (Å²) in [6.07, 6.45) is 0. The van der Waals surface area contributed by atoms with Crippen LogP contribution in [0.1, 0.15) is 17.3 Å². The summed E-state index contributed by atoms with van der Waals surface area (Å²) < 4.78 is 15.5. The molecule has 1 N–H and O–H groups in total. The van der Waals surface area contributed by atoms with E-state index < -0.39 is 18.5 Å². The third-order valence-corrected chi connectivity index (χ3v) is 4.38. The molecule has 0 aromatic heterocycles. The topological polar surface area (TPSA) is 73.9 Å². The van der Waals surface area contributed by atoms with Gasteiger partial charge in [0, 0.05) is 11.0 Å². The first kappa shape index (κ1) is 19.7. The van der Waals surface area contributed by atoms with Crippen LogP contribution in [0.15, 0.2) is 47.4 Å². The molecule has 0 saturated heterocycles. The van der Waals surface area contributed by atoms with Gasteiger partial charge in [-0.3, -0.25) is 4.79 Å². The first-order valence-electron chi connectivity index (χ1n) is 7.99. The molecule has 0 aliphatic rings. The van der Waals surface area contributed by atoms with Crippen molar-refractivity contribution < 1.29 is 23.8 Å². The quantitative estimate of drug-likeness (QED) is 0.561. The Hall–Kier alpha value is -2.67. The lowest BCUT2D eigenvalue weighted by atomic mass is 10.2. The molecule has 0 aliphatic heterocycles. The summed E-state index contributed by atoms with van der Waals surface area (Å²) in [4.78, 5) is 25.2. The number of hydrogen-bond donors (Lipinski definition) is 1. The molecular formula is C19H21NO5S. The van der Waals surface area contributed by atoms with Crippen molar-refractivity contribution in [2.24, 2.45) is 0 Å². The van der Waals surface area contributed by atoms with Gasteiger partial charge in [0.25, 0.3) is 5.91 Å². The van der Waals surface area contributed by atoms with Gasteiger partial charge >= 0.3 is 5.97 Å². The highest BCUT2D eigenvalue weighted by Gasteiger charge is 2.15. The second-order valence-electron chi connectivity index (χ2n) is 5.12. The average Bonchev–Trinajstić information content (AvgIpc) is 2.66. The summed E-state index contributed by atoms with van der Waals surface area (Å²) in [7, 11) is 3.03. The highest BCUT2D eigenvalue weighted by molar-refractivity contribution is 7.99. The third kappa shape index (κ3) is 5.16. The van der Waals surface area contributed by atoms with Gasteiger partial charge in [0.05, 0.1) is 25.5 Å². The molecule has 2 aromatic carbocycles. The lowest BCUT2D eigenvalue weighted by Gasteiger charge is -2.12. The molecule has 0 saturated carbocycles. The number of benzene rings is 2. The molecule has 2 aromatic rings. The standard InChI is InChI=1S/C19H21NO5S/c1-4-26-17-8-6-5-7-14(17)19(22)25-12-18(21)20-15-11-13(23-2)9-10-16(15)24-3/h5-11H,4,12H2,1-3H3,(H,20,21). The van der Waals surface area contributed by atoms with Gasteiger partial charge in [-0.15, -0.1) is 11.8 Å². The fourth-order valence-electron chi connectivity index (χ4n) is 2.22. The first-order valence-corrected chi connectivity index (χ1v) is 8.98. The summed E-state index contributed by atoms with van der Waals surface area (Å²) in [5, 5.41) is 2.66. The molecule has 1 amide bonds.